The molecule has 1 aromatic carbocycles. The van der Waals surface area contributed by atoms with E-state index in [1.807, 2.05) is 36.4 Å². The van der Waals surface area contributed by atoms with Crippen molar-refractivity contribution in [3.8, 4) is 5.69 Å². The first-order valence-electron chi connectivity index (χ1n) is 6.04. The number of anilines is 1. The molecule has 0 saturated carbocycles. The summed E-state index contributed by atoms with van der Waals surface area (Å²) in [7, 11) is 0. The Bertz CT molecular complexity index is 719. The maximum absolute atomic E-state index is 9.57. The lowest BCUT2D eigenvalue weighted by molar-refractivity contribution is 0.199. The van der Waals surface area contributed by atoms with Crippen molar-refractivity contribution < 1.29 is 5.11 Å². The van der Waals surface area contributed by atoms with Gasteiger partial charge < -0.3 is 10.8 Å². The number of fused-ring (bicyclic) bond motifs is 1. The molecule has 3 N–H and O–H groups in total. The average Bonchev–Trinajstić information content (AvgIpc) is 2.76. The summed E-state index contributed by atoms with van der Waals surface area (Å²) < 4.78 is 1.66. The second-order valence-corrected chi connectivity index (χ2v) is 4.44. The minimum absolute atomic E-state index is 0.498. The summed E-state index contributed by atoms with van der Waals surface area (Å²) in [6.07, 6.45) is 1.06. The van der Waals surface area contributed by atoms with E-state index in [-0.39, 0.29) is 0 Å². The topological polar surface area (TPSA) is 77.0 Å². The van der Waals surface area contributed by atoms with Gasteiger partial charge in [-0.15, -0.1) is 0 Å². The molecule has 0 spiro atoms. The normalized spacial score (nSPS) is 12.7. The number of benzene rings is 1. The summed E-state index contributed by atoms with van der Waals surface area (Å²) in [6, 6.07) is 11.5. The number of nitrogens with zero attached hydrogens (tertiary/aromatic N) is 3. The Hall–Kier alpha value is -2.40. The highest BCUT2D eigenvalue weighted by Gasteiger charge is 2.12. The van der Waals surface area contributed by atoms with E-state index in [4.69, 9.17) is 5.73 Å². The summed E-state index contributed by atoms with van der Waals surface area (Å²) in [5.74, 6) is 0.498. The van der Waals surface area contributed by atoms with Crippen LogP contribution in [0.15, 0.2) is 42.6 Å². The predicted molar refractivity (Wildman–Crippen MR) is 73.9 cm³/mol. The van der Waals surface area contributed by atoms with E-state index in [0.29, 0.717) is 16.9 Å². The average molecular weight is 254 g/mol. The predicted octanol–water partition coefficient (Wildman–Crippen LogP) is 2.06. The summed E-state index contributed by atoms with van der Waals surface area (Å²) >= 11 is 0. The molecule has 3 rings (SSSR count). The van der Waals surface area contributed by atoms with Crippen LogP contribution in [0.3, 0.4) is 0 Å². The molecule has 96 valence electrons. The molecule has 0 aliphatic carbocycles. The van der Waals surface area contributed by atoms with Crippen molar-refractivity contribution >= 4 is 16.9 Å². The molecule has 2 heterocycles. The number of aromatic nitrogens is 3. The van der Waals surface area contributed by atoms with Crippen LogP contribution in [0.5, 0.6) is 0 Å². The third-order valence-electron chi connectivity index (χ3n) is 3.05. The van der Waals surface area contributed by atoms with Gasteiger partial charge in [0.25, 0.3) is 0 Å². The first-order valence-corrected chi connectivity index (χ1v) is 6.04. The smallest absolute Gasteiger partial charge is 0.153 e. The van der Waals surface area contributed by atoms with E-state index in [9.17, 15) is 5.11 Å². The fourth-order valence-corrected chi connectivity index (χ4v) is 2.00. The van der Waals surface area contributed by atoms with Crippen LogP contribution in [0.1, 0.15) is 18.6 Å². The standard InChI is InChI=1S/C14H14N4O/c1-9(19)10-7-12-13(16-8-10)14(15)18(17-12)11-5-3-2-4-6-11/h2-9,19H,15H2,1H3. The number of hydrogen-bond acceptors (Lipinski definition) is 4. The van der Waals surface area contributed by atoms with Crippen molar-refractivity contribution in [2.45, 2.75) is 13.0 Å². The number of aliphatic hydroxyl groups is 1. The van der Waals surface area contributed by atoms with Crippen LogP contribution in [-0.2, 0) is 0 Å². The zero-order valence-corrected chi connectivity index (χ0v) is 10.5. The van der Waals surface area contributed by atoms with Crippen molar-refractivity contribution in [3.63, 3.8) is 0 Å². The number of para-hydroxylation sites is 1. The molecule has 0 radical (unpaired) electrons. The van der Waals surface area contributed by atoms with Crippen LogP contribution >= 0.6 is 0 Å². The Morgan fingerprint density at radius 1 is 1.26 bits per heavy atom. The van der Waals surface area contributed by atoms with E-state index in [1.54, 1.807) is 17.8 Å². The van der Waals surface area contributed by atoms with E-state index in [1.165, 1.54) is 0 Å². The van der Waals surface area contributed by atoms with Crippen molar-refractivity contribution in [2.24, 2.45) is 0 Å². The van der Waals surface area contributed by atoms with E-state index < -0.39 is 6.10 Å². The lowest BCUT2D eigenvalue weighted by Gasteiger charge is -2.02. The summed E-state index contributed by atoms with van der Waals surface area (Å²) in [4.78, 5) is 4.28. The number of nitrogens with two attached hydrogens (primary N) is 1. The Labute approximate surface area is 110 Å². The highest BCUT2D eigenvalue weighted by molar-refractivity contribution is 5.86. The molecule has 2 aromatic heterocycles. The van der Waals surface area contributed by atoms with Crippen molar-refractivity contribution in [1.29, 1.82) is 0 Å². The van der Waals surface area contributed by atoms with Gasteiger partial charge in [0, 0.05) is 11.8 Å². The highest BCUT2D eigenvalue weighted by atomic mass is 16.3. The number of aliphatic hydroxyl groups excluding tert-OH is 1. The fraction of sp³-hybridized carbons (Fsp3) is 0.143. The van der Waals surface area contributed by atoms with Crippen molar-refractivity contribution in [1.82, 2.24) is 14.8 Å². The number of nitrogen functional groups attached to an aromatic ring is 1. The third-order valence-corrected chi connectivity index (χ3v) is 3.05. The zero-order chi connectivity index (χ0) is 13.4. The van der Waals surface area contributed by atoms with Gasteiger partial charge in [0.05, 0.1) is 11.8 Å². The Balaban J connectivity index is 2.20. The van der Waals surface area contributed by atoms with Crippen molar-refractivity contribution in [2.75, 3.05) is 5.73 Å². The first kappa shape index (κ1) is 11.7. The molecule has 0 bridgehead atoms. The molecular weight excluding hydrogens is 240 g/mol. The van der Waals surface area contributed by atoms with Gasteiger partial charge in [-0.25, -0.2) is 4.68 Å². The molecule has 19 heavy (non-hydrogen) atoms. The molecule has 0 aliphatic heterocycles. The van der Waals surface area contributed by atoms with Gasteiger partial charge in [0.15, 0.2) is 5.82 Å². The minimum atomic E-state index is -0.569. The lowest BCUT2D eigenvalue weighted by Crippen LogP contribution is -2.01. The molecule has 1 unspecified atom stereocenters. The molecule has 0 fully saturated rings. The number of pyridine rings is 1. The van der Waals surface area contributed by atoms with Crippen LogP contribution in [0, 0.1) is 0 Å². The summed E-state index contributed by atoms with van der Waals surface area (Å²) in [5.41, 5.74) is 9.01. The molecule has 3 aromatic rings. The van der Waals surface area contributed by atoms with Gasteiger partial charge in [-0.1, -0.05) is 18.2 Å². The van der Waals surface area contributed by atoms with E-state index >= 15 is 0 Å². The van der Waals surface area contributed by atoms with Crippen LogP contribution in [0.2, 0.25) is 0 Å². The van der Waals surface area contributed by atoms with Gasteiger partial charge in [-0.3, -0.25) is 4.98 Å². The monoisotopic (exact) mass is 254 g/mol. The van der Waals surface area contributed by atoms with Crippen molar-refractivity contribution in [3.05, 3.63) is 48.2 Å². The second-order valence-electron chi connectivity index (χ2n) is 4.44. The highest BCUT2D eigenvalue weighted by Crippen LogP contribution is 2.24. The van der Waals surface area contributed by atoms with Crippen LogP contribution in [0.25, 0.3) is 16.7 Å². The fourth-order valence-electron chi connectivity index (χ4n) is 2.00. The molecule has 0 aliphatic rings. The SMILES string of the molecule is CC(O)c1cnc2c(N)n(-c3ccccc3)nc2c1. The quantitative estimate of drug-likeness (QED) is 0.733. The molecule has 0 amide bonds. The largest absolute Gasteiger partial charge is 0.389 e. The maximum Gasteiger partial charge on any atom is 0.153 e. The van der Waals surface area contributed by atoms with Gasteiger partial charge in [-0.2, -0.15) is 5.10 Å². The number of hydrogen-bond donors (Lipinski definition) is 2. The maximum atomic E-state index is 9.57. The van der Waals surface area contributed by atoms with E-state index in [2.05, 4.69) is 10.1 Å². The second kappa shape index (κ2) is 4.37. The van der Waals surface area contributed by atoms with Crippen LogP contribution in [-0.4, -0.2) is 19.9 Å². The summed E-state index contributed by atoms with van der Waals surface area (Å²) in [5, 5.41) is 14.0. The van der Waals surface area contributed by atoms with Gasteiger partial charge >= 0.3 is 0 Å². The molecule has 5 nitrogen and oxygen atoms in total. The molecule has 1 atom stereocenters. The lowest BCUT2D eigenvalue weighted by atomic mass is 10.2. The molecule has 0 saturated heterocycles. The number of rotatable bonds is 2. The minimum Gasteiger partial charge on any atom is -0.389 e. The zero-order valence-electron chi connectivity index (χ0n) is 10.5. The van der Waals surface area contributed by atoms with Gasteiger partial charge in [-0.05, 0) is 25.1 Å². The van der Waals surface area contributed by atoms with E-state index in [0.717, 1.165) is 11.3 Å². The van der Waals surface area contributed by atoms with Gasteiger partial charge in [0.2, 0.25) is 0 Å². The first-order chi connectivity index (χ1) is 9.16. The van der Waals surface area contributed by atoms with Crippen LogP contribution < -0.4 is 5.73 Å². The third kappa shape index (κ3) is 1.94. The summed E-state index contributed by atoms with van der Waals surface area (Å²) in [6.45, 7) is 1.69. The molecular formula is C14H14N4O. The Morgan fingerprint density at radius 2 is 2.00 bits per heavy atom. The molecule has 5 heteroatoms. The van der Waals surface area contributed by atoms with Gasteiger partial charge in [0.1, 0.15) is 11.0 Å². The Morgan fingerprint density at radius 3 is 2.68 bits per heavy atom. The van der Waals surface area contributed by atoms with Crippen LogP contribution in [0.4, 0.5) is 5.82 Å². The Kier molecular flexibility index (Phi) is 2.68.